The molecule has 0 unspecified atom stereocenters. The number of hydrogen-bond acceptors (Lipinski definition) is 5. The first kappa shape index (κ1) is 16.3. The summed E-state index contributed by atoms with van der Waals surface area (Å²) in [7, 11) is 9.59. The molecule has 106 valence electrons. The summed E-state index contributed by atoms with van der Waals surface area (Å²) in [5.74, 6) is 0. The van der Waals surface area contributed by atoms with Crippen molar-refractivity contribution in [1.82, 2.24) is 0 Å². The highest BCUT2D eigenvalue weighted by Crippen LogP contribution is 2.60. The van der Waals surface area contributed by atoms with Crippen molar-refractivity contribution in [2.24, 2.45) is 0 Å². The average molecular weight is 349 g/mol. The molecule has 0 saturated carbocycles. The van der Waals surface area contributed by atoms with Crippen molar-refractivity contribution in [3.8, 4) is 0 Å². The maximum absolute atomic E-state index is 2.38. The van der Waals surface area contributed by atoms with Crippen LogP contribution < -0.4 is 0 Å². The highest BCUT2D eigenvalue weighted by molar-refractivity contribution is 9.36. The first-order valence-corrected chi connectivity index (χ1v) is 13.0. The normalized spacial score (nSPS) is 15.1. The molecule has 1 aromatic rings. The van der Waals surface area contributed by atoms with E-state index in [1.165, 1.54) is 43.4 Å². The monoisotopic (exact) mass is 348 g/mol. The number of aryl methyl sites for hydroxylation is 1. The fraction of sp³-hybridized carbons (Fsp3) is 0.571. The third-order valence-corrected chi connectivity index (χ3v) is 11.7. The van der Waals surface area contributed by atoms with Gasteiger partial charge in [0.15, 0.2) is 0 Å². The molecule has 1 heterocycles. The predicted octanol–water partition coefficient (Wildman–Crippen LogP) is 7.43. The summed E-state index contributed by atoms with van der Waals surface area (Å²) in [6.45, 7) is 4.57. The zero-order valence-corrected chi connectivity index (χ0v) is 15.5. The van der Waals surface area contributed by atoms with E-state index in [4.69, 9.17) is 0 Å². The van der Waals surface area contributed by atoms with Crippen LogP contribution in [0, 0.1) is 0 Å². The minimum atomic E-state index is 1.25. The molecule has 0 bridgehead atoms. The molecule has 0 radical (unpaired) electrons. The highest BCUT2D eigenvalue weighted by atomic mass is 33.8. The molecule has 19 heavy (non-hydrogen) atoms. The van der Waals surface area contributed by atoms with Crippen molar-refractivity contribution in [1.29, 1.82) is 0 Å². The molecule has 1 aliphatic rings. The van der Waals surface area contributed by atoms with Gasteiger partial charge in [0.25, 0.3) is 0 Å². The lowest BCUT2D eigenvalue weighted by atomic mass is 9.98. The SMILES string of the molecule is CCCCc1ccc2c(c1CCCC)SSSSS2. The van der Waals surface area contributed by atoms with E-state index in [1.54, 1.807) is 16.0 Å². The van der Waals surface area contributed by atoms with Gasteiger partial charge < -0.3 is 0 Å². The predicted molar refractivity (Wildman–Crippen MR) is 98.2 cm³/mol. The van der Waals surface area contributed by atoms with E-state index in [0.29, 0.717) is 0 Å². The topological polar surface area (TPSA) is 0 Å². The Morgan fingerprint density at radius 1 is 0.842 bits per heavy atom. The summed E-state index contributed by atoms with van der Waals surface area (Å²) >= 11 is 0. The van der Waals surface area contributed by atoms with E-state index < -0.39 is 0 Å². The zero-order valence-electron chi connectivity index (χ0n) is 11.4. The van der Waals surface area contributed by atoms with Gasteiger partial charge in [-0.25, -0.2) is 0 Å². The summed E-state index contributed by atoms with van der Waals surface area (Å²) in [5.41, 5.74) is 3.24. The summed E-state index contributed by atoms with van der Waals surface area (Å²) in [6.07, 6.45) is 7.69. The number of hydrogen-bond donors (Lipinski definition) is 0. The second-order valence-electron chi connectivity index (χ2n) is 4.61. The van der Waals surface area contributed by atoms with Crippen molar-refractivity contribution in [2.75, 3.05) is 0 Å². The molecule has 0 saturated heterocycles. The molecule has 1 aromatic carbocycles. The Kier molecular flexibility index (Phi) is 7.81. The fourth-order valence-electron chi connectivity index (χ4n) is 2.14. The van der Waals surface area contributed by atoms with Crippen LogP contribution in [-0.4, -0.2) is 0 Å². The third-order valence-electron chi connectivity index (χ3n) is 3.20. The van der Waals surface area contributed by atoms with Gasteiger partial charge in [-0.1, -0.05) is 32.8 Å². The smallest absolute Gasteiger partial charge is 0.0371 e. The van der Waals surface area contributed by atoms with Crippen molar-refractivity contribution in [2.45, 2.75) is 62.2 Å². The fourth-order valence-corrected chi connectivity index (χ4v) is 11.3. The Labute approximate surface area is 136 Å². The van der Waals surface area contributed by atoms with E-state index in [2.05, 4.69) is 26.0 Å². The molecular formula is C14H20S5. The van der Waals surface area contributed by atoms with Crippen LogP contribution in [0.3, 0.4) is 0 Å². The average Bonchev–Trinajstić information content (AvgIpc) is 2.68. The van der Waals surface area contributed by atoms with Gasteiger partial charge >= 0.3 is 0 Å². The first-order valence-electron chi connectivity index (χ1n) is 6.86. The van der Waals surface area contributed by atoms with E-state index in [9.17, 15) is 0 Å². The largest absolute Gasteiger partial charge is 0.0654 e. The van der Waals surface area contributed by atoms with Crippen molar-refractivity contribution < 1.29 is 0 Å². The molecule has 0 N–H and O–H groups in total. The van der Waals surface area contributed by atoms with E-state index in [0.717, 1.165) is 0 Å². The minimum Gasteiger partial charge on any atom is -0.0654 e. The van der Waals surface area contributed by atoms with Crippen LogP contribution in [0.15, 0.2) is 21.9 Å². The third kappa shape index (κ3) is 4.73. The molecule has 0 atom stereocenters. The number of fused-ring (bicyclic) bond motifs is 1. The maximum atomic E-state index is 2.38. The second kappa shape index (κ2) is 9.08. The Morgan fingerprint density at radius 2 is 1.58 bits per heavy atom. The highest BCUT2D eigenvalue weighted by Gasteiger charge is 2.17. The van der Waals surface area contributed by atoms with Gasteiger partial charge in [-0.15, -0.1) is 0 Å². The lowest BCUT2D eigenvalue weighted by Crippen LogP contribution is -1.98. The Balaban J connectivity index is 2.29. The molecule has 0 fully saturated rings. The molecular weight excluding hydrogens is 328 g/mol. The van der Waals surface area contributed by atoms with E-state index in [-0.39, 0.29) is 0 Å². The van der Waals surface area contributed by atoms with Gasteiger partial charge in [-0.3, -0.25) is 0 Å². The Hall–Kier alpha value is 0.970. The number of unbranched alkanes of at least 4 members (excludes halogenated alkanes) is 2. The van der Waals surface area contributed by atoms with Gasteiger partial charge in [-0.2, -0.15) is 0 Å². The molecule has 1 aliphatic heterocycles. The second-order valence-corrected chi connectivity index (χ2v) is 12.1. The van der Waals surface area contributed by atoms with Crippen molar-refractivity contribution >= 4 is 51.1 Å². The van der Waals surface area contributed by atoms with Gasteiger partial charge in [0.1, 0.15) is 0 Å². The van der Waals surface area contributed by atoms with Crippen LogP contribution in [0.4, 0.5) is 0 Å². The van der Waals surface area contributed by atoms with Crippen LogP contribution in [0.5, 0.6) is 0 Å². The number of rotatable bonds is 6. The molecule has 0 amide bonds. The lowest BCUT2D eigenvalue weighted by Gasteiger charge is -2.15. The summed E-state index contributed by atoms with van der Waals surface area (Å²) < 4.78 is 0. The van der Waals surface area contributed by atoms with Crippen molar-refractivity contribution in [3.63, 3.8) is 0 Å². The van der Waals surface area contributed by atoms with E-state index in [1.807, 2.05) is 51.1 Å². The summed E-state index contributed by atoms with van der Waals surface area (Å²) in [4.78, 5) is 3.02. The summed E-state index contributed by atoms with van der Waals surface area (Å²) in [5, 5.41) is 0. The van der Waals surface area contributed by atoms with Gasteiger partial charge in [0.05, 0.1) is 0 Å². The first-order chi connectivity index (χ1) is 9.36. The molecule has 2 rings (SSSR count). The van der Waals surface area contributed by atoms with E-state index >= 15 is 0 Å². The zero-order chi connectivity index (χ0) is 13.5. The molecule has 0 aliphatic carbocycles. The van der Waals surface area contributed by atoms with Gasteiger partial charge in [0, 0.05) is 9.79 Å². The van der Waals surface area contributed by atoms with Crippen molar-refractivity contribution in [3.05, 3.63) is 23.3 Å². The maximum Gasteiger partial charge on any atom is 0.0371 e. The quantitative estimate of drug-likeness (QED) is 0.489. The molecule has 0 nitrogen and oxygen atoms in total. The molecule has 0 spiro atoms. The Morgan fingerprint density at radius 3 is 2.37 bits per heavy atom. The van der Waals surface area contributed by atoms with Crippen LogP contribution in [0.25, 0.3) is 0 Å². The van der Waals surface area contributed by atoms with Crippen LogP contribution >= 0.6 is 51.1 Å². The van der Waals surface area contributed by atoms with Crippen LogP contribution in [0.1, 0.15) is 50.7 Å². The number of benzene rings is 1. The Bertz CT molecular complexity index is 405. The van der Waals surface area contributed by atoms with Crippen LogP contribution in [-0.2, 0) is 12.8 Å². The standard InChI is InChI=1S/C14H20S5/c1-3-5-7-11-9-10-13-14(12(11)8-6-4-2)16-18-19-17-15-13/h9-10H,3-8H2,1-2H3. The summed E-state index contributed by atoms with van der Waals surface area (Å²) in [6, 6.07) is 4.72. The van der Waals surface area contributed by atoms with Crippen LogP contribution in [0.2, 0.25) is 0 Å². The lowest BCUT2D eigenvalue weighted by molar-refractivity contribution is 0.744. The van der Waals surface area contributed by atoms with Gasteiger partial charge in [0.2, 0.25) is 0 Å². The molecule has 5 heteroatoms. The molecule has 0 aromatic heterocycles. The van der Waals surface area contributed by atoms with Gasteiger partial charge in [-0.05, 0) is 93.9 Å². The minimum absolute atomic E-state index is 1.25.